The summed E-state index contributed by atoms with van der Waals surface area (Å²) in [4.78, 5) is 8.44. The molecule has 1 atom stereocenters. The summed E-state index contributed by atoms with van der Waals surface area (Å²) in [7, 11) is -3.65. The van der Waals surface area contributed by atoms with E-state index in [1.54, 1.807) is 40.1 Å². The van der Waals surface area contributed by atoms with Crippen molar-refractivity contribution in [1.29, 1.82) is 0 Å². The molecule has 108 valence electrons. The lowest BCUT2D eigenvalue weighted by molar-refractivity contribution is 0.495. The fourth-order valence-electron chi connectivity index (χ4n) is 2.07. The molecule has 0 aromatic carbocycles. The van der Waals surface area contributed by atoms with E-state index in [-0.39, 0.29) is 4.90 Å². The number of nitrogens with one attached hydrogen (secondary N) is 1. The van der Waals surface area contributed by atoms with Crippen LogP contribution in [0.25, 0.3) is 0 Å². The molecule has 0 saturated heterocycles. The van der Waals surface area contributed by atoms with Crippen LogP contribution in [0.3, 0.4) is 0 Å². The van der Waals surface area contributed by atoms with Crippen molar-refractivity contribution in [2.45, 2.75) is 38.6 Å². The van der Waals surface area contributed by atoms with E-state index < -0.39 is 16.1 Å². The van der Waals surface area contributed by atoms with Crippen molar-refractivity contribution >= 4 is 10.0 Å². The summed E-state index contributed by atoms with van der Waals surface area (Å²) in [6, 6.07) is 1.04. The third-order valence-electron chi connectivity index (χ3n) is 2.95. The normalized spacial score (nSPS) is 13.4. The molecule has 0 aliphatic carbocycles. The molecule has 0 aliphatic heterocycles. The molecule has 0 fully saturated rings. The molecular formula is C13H17N3O3S. The summed E-state index contributed by atoms with van der Waals surface area (Å²) in [5.41, 5.74) is 1.30. The van der Waals surface area contributed by atoms with Gasteiger partial charge in [-0.2, -0.15) is 0 Å². The maximum absolute atomic E-state index is 12.3. The Bertz CT molecular complexity index is 722. The van der Waals surface area contributed by atoms with Crippen LogP contribution >= 0.6 is 0 Å². The first kappa shape index (κ1) is 14.7. The van der Waals surface area contributed by atoms with Crippen LogP contribution in [0, 0.1) is 20.8 Å². The van der Waals surface area contributed by atoms with Gasteiger partial charge in [-0.05, 0) is 33.8 Å². The summed E-state index contributed by atoms with van der Waals surface area (Å²) < 4.78 is 32.5. The zero-order chi connectivity index (χ0) is 14.9. The third-order valence-corrected chi connectivity index (χ3v) is 4.59. The van der Waals surface area contributed by atoms with Gasteiger partial charge >= 0.3 is 0 Å². The van der Waals surface area contributed by atoms with Crippen LogP contribution in [0.15, 0.2) is 27.8 Å². The molecule has 20 heavy (non-hydrogen) atoms. The minimum absolute atomic E-state index is 0.156. The van der Waals surface area contributed by atoms with E-state index in [4.69, 9.17) is 4.42 Å². The lowest BCUT2D eigenvalue weighted by Crippen LogP contribution is -2.28. The Hall–Kier alpha value is -1.73. The van der Waals surface area contributed by atoms with Gasteiger partial charge in [-0.3, -0.25) is 9.97 Å². The standard InChI is InChI=1S/C13H17N3O3S/c1-8-7-12(11(4)19-8)20(17,18)16-10(3)13-9(2)14-5-6-15-13/h5-7,10,16H,1-4H3/t10-/m0/s1. The predicted octanol–water partition coefficient (Wildman–Crippen LogP) is 2.03. The summed E-state index contributed by atoms with van der Waals surface area (Å²) in [5.74, 6) is 0.935. The average molecular weight is 295 g/mol. The van der Waals surface area contributed by atoms with Crippen LogP contribution in [-0.2, 0) is 10.0 Å². The van der Waals surface area contributed by atoms with E-state index >= 15 is 0 Å². The van der Waals surface area contributed by atoms with Gasteiger partial charge < -0.3 is 4.42 Å². The quantitative estimate of drug-likeness (QED) is 0.933. The topological polar surface area (TPSA) is 85.1 Å². The first-order valence-electron chi connectivity index (χ1n) is 6.18. The van der Waals surface area contributed by atoms with Gasteiger partial charge in [0.05, 0.1) is 17.4 Å². The highest BCUT2D eigenvalue weighted by molar-refractivity contribution is 7.89. The summed E-state index contributed by atoms with van der Waals surface area (Å²) in [6.07, 6.45) is 3.12. The molecule has 7 heteroatoms. The van der Waals surface area contributed by atoms with Gasteiger partial charge in [0.15, 0.2) is 0 Å². The zero-order valence-electron chi connectivity index (χ0n) is 11.8. The molecule has 6 nitrogen and oxygen atoms in total. The average Bonchev–Trinajstić information content (AvgIpc) is 2.69. The molecule has 0 unspecified atom stereocenters. The Balaban J connectivity index is 2.29. The van der Waals surface area contributed by atoms with Gasteiger partial charge in [-0.25, -0.2) is 13.1 Å². The van der Waals surface area contributed by atoms with Crippen molar-refractivity contribution in [2.75, 3.05) is 0 Å². The van der Waals surface area contributed by atoms with Crippen molar-refractivity contribution < 1.29 is 12.8 Å². The predicted molar refractivity (Wildman–Crippen MR) is 73.7 cm³/mol. The van der Waals surface area contributed by atoms with E-state index in [1.807, 2.05) is 0 Å². The van der Waals surface area contributed by atoms with Crippen LogP contribution in [0.1, 0.15) is 35.9 Å². The highest BCUT2D eigenvalue weighted by atomic mass is 32.2. The molecule has 0 amide bonds. The number of rotatable bonds is 4. The summed E-state index contributed by atoms with van der Waals surface area (Å²) in [5, 5.41) is 0. The highest BCUT2D eigenvalue weighted by Gasteiger charge is 2.24. The Labute approximate surface area is 118 Å². The molecule has 0 bridgehead atoms. The fourth-order valence-corrected chi connectivity index (χ4v) is 3.52. The first-order chi connectivity index (χ1) is 9.31. The van der Waals surface area contributed by atoms with Crippen LogP contribution in [0.4, 0.5) is 0 Å². The molecule has 0 saturated carbocycles. The van der Waals surface area contributed by atoms with Gasteiger partial charge in [-0.1, -0.05) is 0 Å². The molecule has 2 aromatic rings. The molecular weight excluding hydrogens is 278 g/mol. The minimum atomic E-state index is -3.65. The molecule has 0 aliphatic rings. The Morgan fingerprint density at radius 1 is 1.20 bits per heavy atom. The first-order valence-corrected chi connectivity index (χ1v) is 7.66. The molecule has 1 N–H and O–H groups in total. The molecule has 0 spiro atoms. The molecule has 0 radical (unpaired) electrons. The number of sulfonamides is 1. The number of furan rings is 1. The molecule has 2 aromatic heterocycles. The monoisotopic (exact) mass is 295 g/mol. The number of hydrogen-bond donors (Lipinski definition) is 1. The number of nitrogens with zero attached hydrogens (tertiary/aromatic N) is 2. The van der Waals surface area contributed by atoms with Gasteiger partial charge in [0.2, 0.25) is 10.0 Å². The zero-order valence-corrected chi connectivity index (χ0v) is 12.7. The van der Waals surface area contributed by atoms with Gasteiger partial charge in [-0.15, -0.1) is 0 Å². The Morgan fingerprint density at radius 2 is 1.85 bits per heavy atom. The van der Waals surface area contributed by atoms with Crippen molar-refractivity contribution in [3.8, 4) is 0 Å². The lowest BCUT2D eigenvalue weighted by Gasteiger charge is -2.14. The highest BCUT2D eigenvalue weighted by Crippen LogP contribution is 2.22. The van der Waals surface area contributed by atoms with Crippen LogP contribution in [0.5, 0.6) is 0 Å². The number of hydrogen-bond acceptors (Lipinski definition) is 5. The maximum atomic E-state index is 12.3. The van der Waals surface area contributed by atoms with Crippen LogP contribution in [-0.4, -0.2) is 18.4 Å². The second-order valence-electron chi connectivity index (χ2n) is 4.65. The number of aromatic nitrogens is 2. The summed E-state index contributed by atoms with van der Waals surface area (Å²) in [6.45, 7) is 6.86. The van der Waals surface area contributed by atoms with Crippen LogP contribution < -0.4 is 4.72 Å². The fraction of sp³-hybridized carbons (Fsp3) is 0.385. The smallest absolute Gasteiger partial charge is 0.244 e. The van der Waals surface area contributed by atoms with Gasteiger partial charge in [0.1, 0.15) is 16.4 Å². The lowest BCUT2D eigenvalue weighted by atomic mass is 10.2. The largest absolute Gasteiger partial charge is 0.465 e. The van der Waals surface area contributed by atoms with Crippen molar-refractivity contribution in [2.24, 2.45) is 0 Å². The van der Waals surface area contributed by atoms with Crippen LogP contribution in [0.2, 0.25) is 0 Å². The second-order valence-corrected chi connectivity index (χ2v) is 6.33. The number of aryl methyl sites for hydroxylation is 3. The molecule has 2 heterocycles. The molecule has 2 rings (SSSR count). The van der Waals surface area contributed by atoms with Gasteiger partial charge in [0, 0.05) is 12.4 Å². The van der Waals surface area contributed by atoms with E-state index in [0.29, 0.717) is 22.9 Å². The van der Waals surface area contributed by atoms with Gasteiger partial charge in [0.25, 0.3) is 0 Å². The van der Waals surface area contributed by atoms with Crippen molar-refractivity contribution in [3.05, 3.63) is 41.4 Å². The Morgan fingerprint density at radius 3 is 2.40 bits per heavy atom. The SMILES string of the molecule is Cc1cc(S(=O)(=O)N[C@@H](C)c2nccnc2C)c(C)o1. The maximum Gasteiger partial charge on any atom is 0.244 e. The van der Waals surface area contributed by atoms with Crippen molar-refractivity contribution in [1.82, 2.24) is 14.7 Å². The van der Waals surface area contributed by atoms with E-state index in [2.05, 4.69) is 14.7 Å². The van der Waals surface area contributed by atoms with E-state index in [0.717, 1.165) is 0 Å². The summed E-state index contributed by atoms with van der Waals surface area (Å²) >= 11 is 0. The minimum Gasteiger partial charge on any atom is -0.465 e. The van der Waals surface area contributed by atoms with E-state index in [1.165, 1.54) is 6.07 Å². The second kappa shape index (κ2) is 5.34. The third kappa shape index (κ3) is 2.88. The van der Waals surface area contributed by atoms with Crippen molar-refractivity contribution in [3.63, 3.8) is 0 Å². The Kier molecular flexibility index (Phi) is 3.92. The van der Waals surface area contributed by atoms with E-state index in [9.17, 15) is 8.42 Å².